The van der Waals surface area contributed by atoms with Gasteiger partial charge in [-0.05, 0) is 38.9 Å². The van der Waals surface area contributed by atoms with Crippen LogP contribution in [0.4, 0.5) is 10.6 Å². The number of carbonyl (C=O) groups is 1. The Balaban J connectivity index is 1.45. The van der Waals surface area contributed by atoms with Crippen LogP contribution >= 0.6 is 0 Å². The second kappa shape index (κ2) is 16.9. The van der Waals surface area contributed by atoms with E-state index in [0.717, 1.165) is 40.3 Å². The van der Waals surface area contributed by atoms with Crippen LogP contribution in [-0.4, -0.2) is 98.2 Å². The van der Waals surface area contributed by atoms with Crippen LogP contribution in [-0.2, 0) is 14.2 Å². The van der Waals surface area contributed by atoms with Crippen LogP contribution < -0.4 is 9.64 Å². The van der Waals surface area contributed by atoms with Crippen LogP contribution in [0.15, 0.2) is 60.9 Å². The molecule has 0 atom stereocenters. The van der Waals surface area contributed by atoms with Crippen LogP contribution in [0.25, 0.3) is 28.0 Å². The lowest BCUT2D eigenvalue weighted by atomic mass is 10.1. The Morgan fingerprint density at radius 1 is 0.865 bits per heavy atom. The molecular formula is C39H58N6O5Si2. The van der Waals surface area contributed by atoms with Gasteiger partial charge in [-0.15, -0.1) is 0 Å². The maximum atomic E-state index is 12.7. The van der Waals surface area contributed by atoms with Gasteiger partial charge in [-0.3, -0.25) is 4.98 Å². The monoisotopic (exact) mass is 746 g/mol. The maximum absolute atomic E-state index is 12.7. The van der Waals surface area contributed by atoms with Crippen LogP contribution in [0.3, 0.4) is 0 Å². The van der Waals surface area contributed by atoms with E-state index in [1.54, 1.807) is 4.90 Å². The summed E-state index contributed by atoms with van der Waals surface area (Å²) < 4.78 is 26.7. The van der Waals surface area contributed by atoms with Crippen molar-refractivity contribution in [3.05, 3.63) is 60.9 Å². The van der Waals surface area contributed by atoms with E-state index in [0.29, 0.717) is 64.1 Å². The van der Waals surface area contributed by atoms with Crippen molar-refractivity contribution < 1.29 is 23.7 Å². The number of amides is 1. The summed E-state index contributed by atoms with van der Waals surface area (Å²) >= 11 is 0. The first-order valence-corrected chi connectivity index (χ1v) is 25.9. The fourth-order valence-corrected chi connectivity index (χ4v) is 7.19. The zero-order valence-corrected chi connectivity index (χ0v) is 34.6. The van der Waals surface area contributed by atoms with Gasteiger partial charge in [-0.25, -0.2) is 4.79 Å². The van der Waals surface area contributed by atoms with Gasteiger partial charge in [-0.2, -0.15) is 14.6 Å². The molecule has 0 radical (unpaired) electrons. The highest BCUT2D eigenvalue weighted by Gasteiger charge is 2.29. The highest BCUT2D eigenvalue weighted by molar-refractivity contribution is 6.76. The molecule has 1 aromatic carbocycles. The Morgan fingerprint density at radius 2 is 1.50 bits per heavy atom. The molecule has 3 aromatic heterocycles. The number of fused-ring (bicyclic) bond motifs is 1. The molecule has 5 rings (SSSR count). The summed E-state index contributed by atoms with van der Waals surface area (Å²) in [4.78, 5) is 26.4. The number of anilines is 1. The third kappa shape index (κ3) is 11.6. The van der Waals surface area contributed by atoms with Crippen molar-refractivity contribution >= 4 is 33.7 Å². The lowest BCUT2D eigenvalue weighted by molar-refractivity contribution is 0.0123. The average molecular weight is 747 g/mol. The summed E-state index contributed by atoms with van der Waals surface area (Å²) in [5, 5.41) is 4.85. The van der Waals surface area contributed by atoms with Gasteiger partial charge < -0.3 is 28.7 Å². The topological polar surface area (TPSA) is 104 Å². The molecule has 0 aliphatic carbocycles. The standard InChI is InChI=1S/C39H58N6O5Si2/c1-39(2,3)50-38(46)43-19-17-32(18-20-43)49-35-25-36(44(28-47-21-23-51(4,5)6)29-48-22-24-52(7,8)9)45-37(42-35)33(27-41-45)31-15-16-34(40-26-31)30-13-11-10-12-14-30/h10-16,25-27,32H,17-24,28-29H2,1-9H3. The van der Waals surface area contributed by atoms with Gasteiger partial charge in [0.1, 0.15) is 31.0 Å². The first-order valence-electron chi connectivity index (χ1n) is 18.5. The van der Waals surface area contributed by atoms with Gasteiger partial charge in [0.15, 0.2) is 5.65 Å². The number of hydrogen-bond acceptors (Lipinski definition) is 9. The first kappa shape index (κ1) is 39.4. The van der Waals surface area contributed by atoms with E-state index in [9.17, 15) is 4.79 Å². The van der Waals surface area contributed by atoms with E-state index in [4.69, 9.17) is 34.0 Å². The molecule has 0 saturated carbocycles. The fraction of sp³-hybridized carbons (Fsp3) is 0.538. The average Bonchev–Trinajstić information content (AvgIpc) is 3.50. The molecule has 4 heterocycles. The summed E-state index contributed by atoms with van der Waals surface area (Å²) in [5.74, 6) is 1.26. The minimum atomic E-state index is -1.28. The van der Waals surface area contributed by atoms with Crippen LogP contribution in [0, 0.1) is 0 Å². The van der Waals surface area contributed by atoms with Crippen LogP contribution in [0.2, 0.25) is 51.4 Å². The van der Waals surface area contributed by atoms with E-state index in [1.165, 1.54) is 0 Å². The molecule has 1 amide bonds. The maximum Gasteiger partial charge on any atom is 0.410 e. The number of nitrogens with zero attached hydrogens (tertiary/aromatic N) is 6. The zero-order chi connectivity index (χ0) is 37.5. The number of ether oxygens (including phenoxy) is 4. The van der Waals surface area contributed by atoms with Crippen LogP contribution in [0.1, 0.15) is 33.6 Å². The van der Waals surface area contributed by atoms with Gasteiger partial charge in [0, 0.05) is 84.2 Å². The summed E-state index contributed by atoms with van der Waals surface area (Å²) in [6, 6.07) is 18.3. The molecule has 4 aromatic rings. The molecule has 0 bridgehead atoms. The molecule has 1 fully saturated rings. The van der Waals surface area contributed by atoms with Crippen molar-refractivity contribution in [2.75, 3.05) is 44.7 Å². The third-order valence-electron chi connectivity index (χ3n) is 8.77. The number of rotatable bonds is 15. The minimum Gasteiger partial charge on any atom is -0.474 e. The Hall–Kier alpha value is -3.79. The SMILES string of the molecule is CC(C)(C)OC(=O)N1CCC(Oc2cc(N(COCC[Si](C)(C)C)COCC[Si](C)(C)C)n3ncc(-c4ccc(-c5ccccc5)nc4)c3n2)CC1. The Bertz CT molecular complexity index is 1720. The molecule has 11 nitrogen and oxygen atoms in total. The number of benzene rings is 1. The minimum absolute atomic E-state index is 0.117. The number of aromatic nitrogens is 4. The molecule has 0 spiro atoms. The normalized spacial score (nSPS) is 14.5. The number of hydrogen-bond donors (Lipinski definition) is 0. The number of carbonyl (C=O) groups excluding carboxylic acids is 1. The van der Waals surface area contributed by atoms with Gasteiger partial charge in [-0.1, -0.05) is 75.7 Å². The Kier molecular flexibility index (Phi) is 12.8. The number of piperidine rings is 1. The molecule has 0 unspecified atom stereocenters. The first-order chi connectivity index (χ1) is 24.5. The van der Waals surface area contributed by atoms with Crippen molar-refractivity contribution in [2.45, 2.75) is 96.7 Å². The summed E-state index contributed by atoms with van der Waals surface area (Å²) in [5.41, 5.74) is 3.82. The molecule has 1 aliphatic rings. The Labute approximate surface area is 311 Å². The van der Waals surface area contributed by atoms with E-state index < -0.39 is 21.7 Å². The summed E-state index contributed by atoms with van der Waals surface area (Å²) in [6.07, 6.45) is 4.64. The van der Waals surface area contributed by atoms with E-state index in [1.807, 2.05) is 68.0 Å². The summed E-state index contributed by atoms with van der Waals surface area (Å²) in [7, 11) is -2.56. The second-order valence-electron chi connectivity index (χ2n) is 17.1. The highest BCUT2D eigenvalue weighted by atomic mass is 28.3. The molecule has 1 aliphatic heterocycles. The van der Waals surface area contributed by atoms with Gasteiger partial charge in [0.25, 0.3) is 0 Å². The van der Waals surface area contributed by atoms with Crippen molar-refractivity contribution in [1.82, 2.24) is 24.5 Å². The largest absolute Gasteiger partial charge is 0.474 e. The Morgan fingerprint density at radius 3 is 2.06 bits per heavy atom. The number of likely N-dealkylation sites (tertiary alicyclic amines) is 1. The zero-order valence-electron chi connectivity index (χ0n) is 32.6. The van der Waals surface area contributed by atoms with Crippen molar-refractivity contribution in [2.24, 2.45) is 0 Å². The number of pyridine rings is 1. The predicted octanol–water partition coefficient (Wildman–Crippen LogP) is 8.67. The smallest absolute Gasteiger partial charge is 0.410 e. The summed E-state index contributed by atoms with van der Waals surface area (Å²) in [6.45, 7) is 22.9. The quantitative estimate of drug-likeness (QED) is 0.0672. The molecule has 0 N–H and O–H groups in total. The lowest BCUT2D eigenvalue weighted by Crippen LogP contribution is -2.44. The third-order valence-corrected chi connectivity index (χ3v) is 12.2. The highest BCUT2D eigenvalue weighted by Crippen LogP contribution is 2.31. The lowest BCUT2D eigenvalue weighted by Gasteiger charge is -2.33. The molecular weight excluding hydrogens is 689 g/mol. The van der Waals surface area contributed by atoms with Crippen molar-refractivity contribution in [3.63, 3.8) is 0 Å². The van der Waals surface area contributed by atoms with Gasteiger partial charge >= 0.3 is 6.09 Å². The van der Waals surface area contributed by atoms with Gasteiger partial charge in [0.2, 0.25) is 5.88 Å². The van der Waals surface area contributed by atoms with E-state index in [-0.39, 0.29) is 12.2 Å². The molecule has 282 valence electrons. The fourth-order valence-electron chi connectivity index (χ4n) is 5.68. The van der Waals surface area contributed by atoms with Crippen LogP contribution in [0.5, 0.6) is 5.88 Å². The second-order valence-corrected chi connectivity index (χ2v) is 28.3. The van der Waals surface area contributed by atoms with E-state index in [2.05, 4.69) is 62.4 Å². The molecule has 1 saturated heterocycles. The van der Waals surface area contributed by atoms with Gasteiger partial charge in [0.05, 0.1) is 11.9 Å². The van der Waals surface area contributed by atoms with Crippen molar-refractivity contribution in [3.8, 4) is 28.3 Å². The van der Waals surface area contributed by atoms with Crippen molar-refractivity contribution in [1.29, 1.82) is 0 Å². The molecule has 52 heavy (non-hydrogen) atoms. The predicted molar refractivity (Wildman–Crippen MR) is 214 cm³/mol. The van der Waals surface area contributed by atoms with E-state index >= 15 is 0 Å². The molecule has 13 heteroatoms.